The van der Waals surface area contributed by atoms with Gasteiger partial charge >= 0.3 is 6.03 Å². The molecule has 8 heteroatoms. The van der Waals surface area contributed by atoms with Crippen molar-refractivity contribution in [1.29, 1.82) is 0 Å². The minimum Gasteiger partial charge on any atom is -0.370 e. The molecule has 2 aromatic carbocycles. The SMILES string of the molecule is Cc1ccc(N(C)C2CCCN(C(=O)Nc3ccc(F)cc3CS(C)(=O)=O)C2)cc1. The molecule has 1 aliphatic heterocycles. The lowest BCUT2D eigenvalue weighted by molar-refractivity contribution is 0.192. The fraction of sp³-hybridized carbons (Fsp3) is 0.409. The van der Waals surface area contributed by atoms with Gasteiger partial charge in [0.2, 0.25) is 0 Å². The van der Waals surface area contributed by atoms with Crippen molar-refractivity contribution in [3.63, 3.8) is 0 Å². The summed E-state index contributed by atoms with van der Waals surface area (Å²) in [5, 5.41) is 2.77. The van der Waals surface area contributed by atoms with Crippen LogP contribution in [-0.2, 0) is 15.6 Å². The van der Waals surface area contributed by atoms with Crippen molar-refractivity contribution in [1.82, 2.24) is 4.90 Å². The largest absolute Gasteiger partial charge is 0.370 e. The molecular formula is C22H28FN3O3S. The van der Waals surface area contributed by atoms with Crippen LogP contribution < -0.4 is 10.2 Å². The van der Waals surface area contributed by atoms with E-state index in [-0.39, 0.29) is 23.4 Å². The van der Waals surface area contributed by atoms with Gasteiger partial charge in [-0.1, -0.05) is 17.7 Å². The fourth-order valence-corrected chi connectivity index (χ4v) is 4.53. The third kappa shape index (κ3) is 5.72. The van der Waals surface area contributed by atoms with Crippen LogP contribution >= 0.6 is 0 Å². The second-order valence-corrected chi connectivity index (χ2v) is 10.1. The van der Waals surface area contributed by atoms with E-state index in [9.17, 15) is 17.6 Å². The number of halogens is 1. The number of likely N-dealkylation sites (N-methyl/N-ethyl adjacent to an activating group) is 1. The van der Waals surface area contributed by atoms with Crippen LogP contribution in [0.25, 0.3) is 0 Å². The Hall–Kier alpha value is -2.61. The van der Waals surface area contributed by atoms with Gasteiger partial charge in [0.25, 0.3) is 0 Å². The molecule has 1 saturated heterocycles. The van der Waals surface area contributed by atoms with Gasteiger partial charge in [-0.3, -0.25) is 0 Å². The molecule has 1 N–H and O–H groups in total. The number of nitrogens with zero attached hydrogens (tertiary/aromatic N) is 2. The standard InChI is InChI=1S/C22H28FN3O3S/c1-16-6-9-19(10-7-16)25(2)20-5-4-12-26(14-20)22(27)24-21-11-8-18(23)13-17(21)15-30(3,28)29/h6-11,13,20H,4-5,12,14-15H2,1-3H3,(H,24,27). The maximum Gasteiger partial charge on any atom is 0.321 e. The number of amides is 2. The highest BCUT2D eigenvalue weighted by Crippen LogP contribution is 2.24. The maximum atomic E-state index is 13.6. The summed E-state index contributed by atoms with van der Waals surface area (Å²) in [4.78, 5) is 16.8. The van der Waals surface area contributed by atoms with Crippen molar-refractivity contribution < 1.29 is 17.6 Å². The average molecular weight is 434 g/mol. The minimum absolute atomic E-state index is 0.177. The van der Waals surface area contributed by atoms with E-state index in [4.69, 9.17) is 0 Å². The zero-order chi connectivity index (χ0) is 21.9. The van der Waals surface area contributed by atoms with Crippen LogP contribution in [0.15, 0.2) is 42.5 Å². The highest BCUT2D eigenvalue weighted by atomic mass is 32.2. The molecule has 6 nitrogen and oxygen atoms in total. The lowest BCUT2D eigenvalue weighted by Gasteiger charge is -2.38. The van der Waals surface area contributed by atoms with Gasteiger partial charge in [-0.2, -0.15) is 0 Å². The summed E-state index contributed by atoms with van der Waals surface area (Å²) in [6, 6.07) is 11.9. The number of hydrogen-bond acceptors (Lipinski definition) is 4. The van der Waals surface area contributed by atoms with E-state index in [1.807, 2.05) is 14.0 Å². The third-order valence-electron chi connectivity index (χ3n) is 5.40. The quantitative estimate of drug-likeness (QED) is 0.779. The van der Waals surface area contributed by atoms with Crippen molar-refractivity contribution in [2.75, 3.05) is 36.6 Å². The Morgan fingerprint density at radius 3 is 2.60 bits per heavy atom. The molecule has 2 aromatic rings. The number of hydrogen-bond donors (Lipinski definition) is 1. The highest BCUT2D eigenvalue weighted by Gasteiger charge is 2.27. The number of nitrogens with one attached hydrogen (secondary N) is 1. The highest BCUT2D eigenvalue weighted by molar-refractivity contribution is 7.89. The zero-order valence-electron chi connectivity index (χ0n) is 17.6. The van der Waals surface area contributed by atoms with E-state index < -0.39 is 15.7 Å². The zero-order valence-corrected chi connectivity index (χ0v) is 18.4. The number of likely N-dealkylation sites (tertiary alicyclic amines) is 1. The Bertz CT molecular complexity index is 1010. The number of aryl methyl sites for hydroxylation is 1. The molecular weight excluding hydrogens is 405 g/mol. The molecule has 1 aliphatic rings. The molecule has 0 spiro atoms. The van der Waals surface area contributed by atoms with Crippen LogP contribution in [0, 0.1) is 12.7 Å². The number of sulfone groups is 1. The van der Waals surface area contributed by atoms with Crippen molar-refractivity contribution >= 4 is 27.2 Å². The number of rotatable bonds is 5. The molecule has 1 fully saturated rings. The first-order valence-electron chi connectivity index (χ1n) is 9.94. The van der Waals surface area contributed by atoms with Crippen LogP contribution in [0.1, 0.15) is 24.0 Å². The van der Waals surface area contributed by atoms with Crippen molar-refractivity contribution in [3.8, 4) is 0 Å². The molecule has 30 heavy (non-hydrogen) atoms. The van der Waals surface area contributed by atoms with Crippen LogP contribution in [0.3, 0.4) is 0 Å². The van der Waals surface area contributed by atoms with Crippen LogP contribution in [0.2, 0.25) is 0 Å². The number of urea groups is 1. The number of piperidine rings is 1. The average Bonchev–Trinajstić information content (AvgIpc) is 2.69. The van der Waals surface area contributed by atoms with Gasteiger partial charge in [0.15, 0.2) is 9.84 Å². The summed E-state index contributed by atoms with van der Waals surface area (Å²) in [7, 11) is -1.34. The van der Waals surface area contributed by atoms with E-state index in [2.05, 4.69) is 34.5 Å². The number of carbonyl (C=O) groups is 1. The van der Waals surface area contributed by atoms with Gasteiger partial charge in [-0.05, 0) is 55.7 Å². The number of anilines is 2. The molecule has 0 radical (unpaired) electrons. The summed E-state index contributed by atoms with van der Waals surface area (Å²) in [6.07, 6.45) is 2.93. The predicted octanol–water partition coefficient (Wildman–Crippen LogP) is 3.81. The summed E-state index contributed by atoms with van der Waals surface area (Å²) in [5.74, 6) is -0.872. The first kappa shape index (κ1) is 22.1. The molecule has 2 amide bonds. The lowest BCUT2D eigenvalue weighted by Crippen LogP contribution is -2.50. The van der Waals surface area contributed by atoms with E-state index in [1.165, 1.54) is 17.7 Å². The molecule has 1 heterocycles. The molecule has 0 aliphatic carbocycles. The Kier molecular flexibility index (Phi) is 6.65. The smallest absolute Gasteiger partial charge is 0.321 e. The molecule has 1 atom stereocenters. The van der Waals surface area contributed by atoms with E-state index in [0.717, 1.165) is 30.9 Å². The molecule has 1 unspecified atom stereocenters. The van der Waals surface area contributed by atoms with Crippen LogP contribution in [0.4, 0.5) is 20.6 Å². The summed E-state index contributed by atoms with van der Waals surface area (Å²) >= 11 is 0. The fourth-order valence-electron chi connectivity index (χ4n) is 3.73. The Labute approximate surface area is 177 Å². The van der Waals surface area contributed by atoms with Crippen LogP contribution in [0.5, 0.6) is 0 Å². The minimum atomic E-state index is -3.37. The van der Waals surface area contributed by atoms with E-state index in [1.54, 1.807) is 4.90 Å². The van der Waals surface area contributed by atoms with E-state index in [0.29, 0.717) is 18.8 Å². The second-order valence-electron chi connectivity index (χ2n) is 7.99. The first-order valence-corrected chi connectivity index (χ1v) is 12.0. The Morgan fingerprint density at radius 1 is 1.23 bits per heavy atom. The van der Waals surface area contributed by atoms with Gasteiger partial charge in [-0.15, -0.1) is 0 Å². The molecule has 3 rings (SSSR count). The summed E-state index contributed by atoms with van der Waals surface area (Å²) in [6.45, 7) is 3.22. The lowest BCUT2D eigenvalue weighted by atomic mass is 10.0. The number of carbonyl (C=O) groups excluding carboxylic acids is 1. The van der Waals surface area contributed by atoms with Crippen molar-refractivity contribution in [3.05, 3.63) is 59.4 Å². The van der Waals surface area contributed by atoms with E-state index >= 15 is 0 Å². The molecule has 0 aromatic heterocycles. The van der Waals surface area contributed by atoms with Gasteiger partial charge in [0.1, 0.15) is 5.82 Å². The van der Waals surface area contributed by atoms with Gasteiger partial charge in [0, 0.05) is 43.8 Å². The number of benzene rings is 2. The van der Waals surface area contributed by atoms with Crippen molar-refractivity contribution in [2.45, 2.75) is 31.6 Å². The summed E-state index contributed by atoms with van der Waals surface area (Å²) < 4.78 is 37.0. The third-order valence-corrected chi connectivity index (χ3v) is 6.23. The monoisotopic (exact) mass is 433 g/mol. The molecule has 162 valence electrons. The normalized spacial score (nSPS) is 16.9. The molecule has 0 saturated carbocycles. The first-order chi connectivity index (χ1) is 14.1. The molecule has 0 bridgehead atoms. The van der Waals surface area contributed by atoms with Gasteiger partial charge < -0.3 is 15.1 Å². The van der Waals surface area contributed by atoms with Gasteiger partial charge in [-0.25, -0.2) is 17.6 Å². The summed E-state index contributed by atoms with van der Waals surface area (Å²) in [5.41, 5.74) is 2.86. The van der Waals surface area contributed by atoms with Crippen molar-refractivity contribution in [2.24, 2.45) is 0 Å². The Morgan fingerprint density at radius 2 is 1.93 bits per heavy atom. The topological polar surface area (TPSA) is 69.7 Å². The van der Waals surface area contributed by atoms with Gasteiger partial charge in [0.05, 0.1) is 5.75 Å². The van der Waals surface area contributed by atoms with Crippen LogP contribution in [-0.4, -0.2) is 51.8 Å². The maximum absolute atomic E-state index is 13.6. The predicted molar refractivity (Wildman–Crippen MR) is 118 cm³/mol. The second kappa shape index (κ2) is 9.04. The Balaban J connectivity index is 1.71.